The number of hydrogen-bond donors (Lipinski definition) is 0. The zero-order chi connectivity index (χ0) is 26.2. The molecule has 6 rings (SSSR count). The summed E-state index contributed by atoms with van der Waals surface area (Å²) in [6, 6.07) is 43.4. The van der Waals surface area contributed by atoms with Crippen LogP contribution in [0.4, 0.5) is 0 Å². The van der Waals surface area contributed by atoms with Crippen molar-refractivity contribution in [2.24, 2.45) is 5.92 Å². The van der Waals surface area contributed by atoms with E-state index in [0.29, 0.717) is 9.54 Å². The number of halogens is 2. The molecular weight excluding hydrogens is 623 g/mol. The third-order valence-electron chi connectivity index (χ3n) is 8.64. The molecule has 2 aliphatic carbocycles. The van der Waals surface area contributed by atoms with Crippen LogP contribution in [0.5, 0.6) is 0 Å². The van der Waals surface area contributed by atoms with Gasteiger partial charge in [0.25, 0.3) is 0 Å². The van der Waals surface area contributed by atoms with Gasteiger partial charge in [-0.25, -0.2) is 0 Å². The largest absolute Gasteiger partial charge is 1.00 e. The van der Waals surface area contributed by atoms with Crippen LogP contribution in [0.1, 0.15) is 48.0 Å². The monoisotopic (exact) mass is 654 g/mol. The van der Waals surface area contributed by atoms with Gasteiger partial charge in [0.2, 0.25) is 0 Å². The van der Waals surface area contributed by atoms with Crippen molar-refractivity contribution in [2.45, 2.75) is 31.3 Å². The Balaban J connectivity index is 0.00000185. The molecule has 0 bridgehead atoms. The normalized spacial score (nSPS) is 17.3. The third-order valence-corrected chi connectivity index (χ3v) is 28.8. The molecule has 4 aromatic carbocycles. The van der Waals surface area contributed by atoms with Gasteiger partial charge in [-0.3, -0.25) is 0 Å². The number of hydrogen-bond acceptors (Lipinski definition) is 0. The van der Waals surface area contributed by atoms with Crippen molar-refractivity contribution in [3.63, 3.8) is 0 Å². The Kier molecular flexibility index (Phi) is 10.1. The third kappa shape index (κ3) is 5.49. The summed E-state index contributed by atoms with van der Waals surface area (Å²) in [5.41, 5.74) is 9.48. The molecule has 0 radical (unpaired) electrons. The summed E-state index contributed by atoms with van der Waals surface area (Å²) < 4.78 is 2.36. The number of allylic oxidation sites excluding steroid dienone is 5. The van der Waals surface area contributed by atoms with Crippen LogP contribution in [0.15, 0.2) is 141 Å². The van der Waals surface area contributed by atoms with E-state index in [0.717, 1.165) is 0 Å². The van der Waals surface area contributed by atoms with E-state index >= 15 is 0 Å². The van der Waals surface area contributed by atoms with Crippen molar-refractivity contribution in [2.75, 3.05) is 0 Å². The molecule has 0 amide bonds. The van der Waals surface area contributed by atoms with Crippen LogP contribution in [-0.2, 0) is 20.4 Å². The van der Waals surface area contributed by atoms with Crippen LogP contribution in [0, 0.1) is 5.92 Å². The molecule has 2 aliphatic rings. The molecule has 0 aliphatic heterocycles. The summed E-state index contributed by atoms with van der Waals surface area (Å²) in [5, 5.41) is 3.15. The van der Waals surface area contributed by atoms with Crippen LogP contribution >= 0.6 is 0 Å². The fourth-order valence-corrected chi connectivity index (χ4v) is 30.3. The van der Waals surface area contributed by atoms with Gasteiger partial charge in [-0.2, -0.15) is 0 Å². The van der Waals surface area contributed by atoms with E-state index in [1.807, 2.05) is 3.28 Å². The molecule has 200 valence electrons. The Labute approximate surface area is 260 Å². The van der Waals surface area contributed by atoms with E-state index in [-0.39, 0.29) is 24.8 Å². The molecule has 4 aromatic rings. The fraction of sp³-hybridized carbons (Fsp3) is 0.167. The standard InChI is InChI=1S/C15H11.C12H10Si.C9H13.2ClH.Zr/c1-2-6-12(7-3-1)15-11-10-13-8-4-5-9-14(13)15;1-3-7-11(8-4-1)13-12-9-5-2-6-10-12;1-6-5-7(2)9(4)8(6)3;;;/h1-11H;1-10H;6H,1-4H3;2*1H;/q;;;;;+2/p-2. The van der Waals surface area contributed by atoms with Crippen LogP contribution in [0.2, 0.25) is 0 Å². The maximum Gasteiger partial charge on any atom is -1.00 e. The average molecular weight is 657 g/mol. The molecule has 0 fully saturated rings. The molecule has 0 aromatic heterocycles. The number of benzene rings is 4. The van der Waals surface area contributed by atoms with Gasteiger partial charge < -0.3 is 24.8 Å². The van der Waals surface area contributed by atoms with Crippen molar-refractivity contribution in [1.82, 2.24) is 0 Å². The Morgan fingerprint density at radius 1 is 0.600 bits per heavy atom. The molecule has 2 unspecified atom stereocenters. The molecule has 40 heavy (non-hydrogen) atoms. The maximum atomic E-state index is 2.70. The second kappa shape index (κ2) is 13.2. The first-order valence-electron chi connectivity index (χ1n) is 13.7. The van der Waals surface area contributed by atoms with Gasteiger partial charge in [-0.15, -0.1) is 0 Å². The van der Waals surface area contributed by atoms with E-state index in [1.54, 1.807) is 27.1 Å². The molecule has 0 N–H and O–H groups in total. The Hall–Kier alpha value is -2.22. The average Bonchev–Trinajstić information content (AvgIpc) is 3.44. The zero-order valence-electron chi connectivity index (χ0n) is 23.5. The molecule has 0 heterocycles. The van der Waals surface area contributed by atoms with Gasteiger partial charge in [0.1, 0.15) is 0 Å². The Morgan fingerprint density at radius 2 is 1.10 bits per heavy atom. The van der Waals surface area contributed by atoms with E-state index < -0.39 is 25.8 Å². The van der Waals surface area contributed by atoms with Crippen molar-refractivity contribution < 1.29 is 45.2 Å². The second-order valence-electron chi connectivity index (χ2n) is 10.6. The van der Waals surface area contributed by atoms with E-state index in [4.69, 9.17) is 0 Å². The Morgan fingerprint density at radius 3 is 1.62 bits per heavy atom. The van der Waals surface area contributed by atoms with E-state index in [1.165, 1.54) is 22.3 Å². The first-order valence-corrected chi connectivity index (χ1v) is 21.5. The van der Waals surface area contributed by atoms with Crippen molar-refractivity contribution >= 4 is 21.4 Å². The molecule has 0 saturated heterocycles. The fourth-order valence-electron chi connectivity index (χ4n) is 6.41. The molecule has 0 nitrogen and oxygen atoms in total. The molecular formula is C36H34Cl2SiZr. The topological polar surface area (TPSA) is 0 Å². The SMILES string of the molecule is CC1=C(C)C(C)[C]([Zr+2]([CH]2C=C(c3ccccc3)c3ccccc32)=[Si](c2ccccc2)c2ccccc2)=C1C.[Cl-].[Cl-]. The zero-order valence-corrected chi connectivity index (χ0v) is 28.4. The minimum absolute atomic E-state index is 0. The summed E-state index contributed by atoms with van der Waals surface area (Å²) >= 11 is -2.48. The first-order chi connectivity index (χ1) is 18.6. The first kappa shape index (κ1) is 30.7. The van der Waals surface area contributed by atoms with Crippen LogP contribution in [0.25, 0.3) is 5.57 Å². The minimum Gasteiger partial charge on any atom is -1.00 e. The smallest absolute Gasteiger partial charge is 1.00 e. The van der Waals surface area contributed by atoms with Gasteiger partial charge >= 0.3 is 237 Å². The predicted molar refractivity (Wildman–Crippen MR) is 161 cm³/mol. The number of fused-ring (bicyclic) bond motifs is 1. The molecule has 4 heteroatoms. The Bertz CT molecular complexity index is 1590. The predicted octanol–water partition coefficient (Wildman–Crippen LogP) is 1.87. The summed E-state index contributed by atoms with van der Waals surface area (Å²) in [7, 11) is 0. The van der Waals surface area contributed by atoms with Crippen LogP contribution < -0.4 is 35.2 Å². The minimum atomic E-state index is -2.48. The molecule has 0 spiro atoms. The summed E-state index contributed by atoms with van der Waals surface area (Å²) in [4.78, 5) is 0. The summed E-state index contributed by atoms with van der Waals surface area (Å²) in [6.45, 7) is 9.66. The van der Waals surface area contributed by atoms with Gasteiger partial charge in [-0.1, -0.05) is 0 Å². The van der Waals surface area contributed by atoms with Crippen molar-refractivity contribution in [3.8, 4) is 0 Å². The van der Waals surface area contributed by atoms with Crippen LogP contribution in [0.3, 0.4) is 0 Å². The van der Waals surface area contributed by atoms with Gasteiger partial charge in [0, 0.05) is 0 Å². The van der Waals surface area contributed by atoms with Gasteiger partial charge in [0.15, 0.2) is 0 Å². The van der Waals surface area contributed by atoms with E-state index in [2.05, 4.69) is 149 Å². The van der Waals surface area contributed by atoms with Crippen molar-refractivity contribution in [1.29, 1.82) is 0 Å². The maximum absolute atomic E-state index is 2.70. The molecule has 0 saturated carbocycles. The number of rotatable bonds is 5. The van der Waals surface area contributed by atoms with Crippen LogP contribution in [-0.4, -0.2) is 5.43 Å². The van der Waals surface area contributed by atoms with Gasteiger partial charge in [0.05, 0.1) is 0 Å². The quantitative estimate of drug-likeness (QED) is 0.288. The second-order valence-corrected chi connectivity index (χ2v) is 24.3. The summed E-state index contributed by atoms with van der Waals surface area (Å²) in [5.74, 6) is 0.540. The molecule has 2 atom stereocenters. The summed E-state index contributed by atoms with van der Waals surface area (Å²) in [6.07, 6.45) is 2.70. The van der Waals surface area contributed by atoms with Crippen molar-refractivity contribution in [3.05, 3.63) is 158 Å². The van der Waals surface area contributed by atoms with E-state index in [9.17, 15) is 0 Å². The van der Waals surface area contributed by atoms with Gasteiger partial charge in [-0.05, 0) is 0 Å².